The summed E-state index contributed by atoms with van der Waals surface area (Å²) in [5.41, 5.74) is 1.03. The van der Waals surface area contributed by atoms with Crippen molar-refractivity contribution >= 4 is 37.8 Å². The monoisotopic (exact) mass is 357 g/mol. The number of hydrogen-bond acceptors (Lipinski definition) is 2. The first-order chi connectivity index (χ1) is 8.15. The van der Waals surface area contributed by atoms with Crippen LogP contribution in [-0.2, 0) is 6.54 Å². The average molecular weight is 359 g/mol. The van der Waals surface area contributed by atoms with Gasteiger partial charge in [0, 0.05) is 11.0 Å². The lowest BCUT2D eigenvalue weighted by atomic mass is 10.2. The highest BCUT2D eigenvalue weighted by molar-refractivity contribution is 9.10. The summed E-state index contributed by atoms with van der Waals surface area (Å²) in [6.07, 6.45) is 0. The predicted molar refractivity (Wildman–Crippen MR) is 71.7 cm³/mol. The van der Waals surface area contributed by atoms with E-state index in [4.69, 9.17) is 4.42 Å². The first kappa shape index (κ1) is 12.4. The number of nitrogens with one attached hydrogen (secondary N) is 1. The first-order valence-electron chi connectivity index (χ1n) is 4.93. The highest BCUT2D eigenvalue weighted by Gasteiger charge is 2.09. The van der Waals surface area contributed by atoms with Gasteiger partial charge in [-0.25, -0.2) is 0 Å². The van der Waals surface area contributed by atoms with Gasteiger partial charge in [-0.3, -0.25) is 4.79 Å². The number of furan rings is 1. The van der Waals surface area contributed by atoms with E-state index in [1.165, 1.54) is 0 Å². The number of rotatable bonds is 3. The van der Waals surface area contributed by atoms with Crippen LogP contribution >= 0.6 is 31.9 Å². The third-order valence-corrected chi connectivity index (χ3v) is 3.06. The van der Waals surface area contributed by atoms with Gasteiger partial charge >= 0.3 is 0 Å². The standard InChI is InChI=1S/C12H9Br2NO2/c13-9-3-1-2-8(6-9)7-15-12(16)10-4-5-11(14)17-10/h1-6H,7H2,(H,15,16). The van der Waals surface area contributed by atoms with Crippen LogP contribution in [0, 0.1) is 0 Å². The molecule has 0 bridgehead atoms. The lowest BCUT2D eigenvalue weighted by Crippen LogP contribution is -2.22. The van der Waals surface area contributed by atoms with Crippen LogP contribution in [0.4, 0.5) is 0 Å². The number of halogens is 2. The highest BCUT2D eigenvalue weighted by atomic mass is 79.9. The van der Waals surface area contributed by atoms with Crippen molar-refractivity contribution in [3.8, 4) is 0 Å². The lowest BCUT2D eigenvalue weighted by molar-refractivity contribution is 0.0922. The summed E-state index contributed by atoms with van der Waals surface area (Å²) < 4.78 is 6.69. The van der Waals surface area contributed by atoms with Crippen molar-refractivity contribution in [3.05, 3.63) is 56.9 Å². The predicted octanol–water partition coefficient (Wildman–Crippen LogP) is 3.73. The topological polar surface area (TPSA) is 42.2 Å². The van der Waals surface area contributed by atoms with E-state index in [1.54, 1.807) is 12.1 Å². The summed E-state index contributed by atoms with van der Waals surface area (Å²) in [5, 5.41) is 2.78. The molecule has 88 valence electrons. The van der Waals surface area contributed by atoms with Crippen LogP contribution < -0.4 is 5.32 Å². The molecule has 0 radical (unpaired) electrons. The quantitative estimate of drug-likeness (QED) is 0.908. The van der Waals surface area contributed by atoms with E-state index in [2.05, 4.69) is 37.2 Å². The normalized spacial score (nSPS) is 10.2. The molecule has 2 aromatic rings. The fourth-order valence-electron chi connectivity index (χ4n) is 1.35. The molecular formula is C12H9Br2NO2. The maximum absolute atomic E-state index is 11.7. The smallest absolute Gasteiger partial charge is 0.287 e. The average Bonchev–Trinajstić information content (AvgIpc) is 2.73. The van der Waals surface area contributed by atoms with Crippen molar-refractivity contribution < 1.29 is 9.21 Å². The third kappa shape index (κ3) is 3.44. The molecule has 5 heteroatoms. The van der Waals surface area contributed by atoms with E-state index in [1.807, 2.05) is 24.3 Å². The van der Waals surface area contributed by atoms with Crippen LogP contribution in [-0.4, -0.2) is 5.91 Å². The summed E-state index contributed by atoms with van der Waals surface area (Å²) in [5.74, 6) is 0.0718. The van der Waals surface area contributed by atoms with E-state index >= 15 is 0 Å². The number of benzene rings is 1. The first-order valence-corrected chi connectivity index (χ1v) is 6.52. The third-order valence-electron chi connectivity index (χ3n) is 2.14. The molecule has 0 fully saturated rings. The minimum atomic E-state index is -0.226. The summed E-state index contributed by atoms with van der Waals surface area (Å²) >= 11 is 6.53. The van der Waals surface area contributed by atoms with Crippen LogP contribution in [0.15, 0.2) is 50.0 Å². The molecule has 2 rings (SSSR count). The molecule has 17 heavy (non-hydrogen) atoms. The van der Waals surface area contributed by atoms with Gasteiger partial charge in [0.2, 0.25) is 0 Å². The molecule has 0 unspecified atom stereocenters. The second kappa shape index (κ2) is 5.51. The molecule has 0 saturated heterocycles. The fraction of sp³-hybridized carbons (Fsp3) is 0.0833. The summed E-state index contributed by atoms with van der Waals surface area (Å²) in [7, 11) is 0. The fourth-order valence-corrected chi connectivity index (χ4v) is 2.11. The number of carbonyl (C=O) groups excluding carboxylic acids is 1. The summed E-state index contributed by atoms with van der Waals surface area (Å²) in [6.45, 7) is 0.469. The van der Waals surface area contributed by atoms with E-state index in [9.17, 15) is 4.79 Å². The van der Waals surface area contributed by atoms with Crippen LogP contribution in [0.25, 0.3) is 0 Å². The van der Waals surface area contributed by atoms with Crippen LogP contribution in [0.3, 0.4) is 0 Å². The van der Waals surface area contributed by atoms with E-state index < -0.39 is 0 Å². The Morgan fingerprint density at radius 1 is 1.24 bits per heavy atom. The Balaban J connectivity index is 1.97. The molecule has 0 saturated carbocycles. The van der Waals surface area contributed by atoms with Crippen molar-refractivity contribution in [1.82, 2.24) is 5.32 Å². The van der Waals surface area contributed by atoms with E-state index in [-0.39, 0.29) is 5.91 Å². The van der Waals surface area contributed by atoms with Gasteiger partial charge in [0.15, 0.2) is 10.4 Å². The zero-order chi connectivity index (χ0) is 12.3. The SMILES string of the molecule is O=C(NCc1cccc(Br)c1)c1ccc(Br)o1. The van der Waals surface area contributed by atoms with E-state index in [0.717, 1.165) is 10.0 Å². The summed E-state index contributed by atoms with van der Waals surface area (Å²) in [6, 6.07) is 11.1. The second-order valence-electron chi connectivity index (χ2n) is 3.42. The van der Waals surface area contributed by atoms with Gasteiger partial charge in [0.05, 0.1) is 0 Å². The molecule has 1 heterocycles. The van der Waals surface area contributed by atoms with Gasteiger partial charge in [0.1, 0.15) is 0 Å². The van der Waals surface area contributed by atoms with Gasteiger partial charge in [0.25, 0.3) is 5.91 Å². The van der Waals surface area contributed by atoms with Crippen molar-refractivity contribution in [1.29, 1.82) is 0 Å². The van der Waals surface area contributed by atoms with Crippen LogP contribution in [0.2, 0.25) is 0 Å². The molecule has 1 N–H and O–H groups in total. The largest absolute Gasteiger partial charge is 0.444 e. The Hall–Kier alpha value is -1.07. The molecular weight excluding hydrogens is 350 g/mol. The number of hydrogen-bond donors (Lipinski definition) is 1. The van der Waals surface area contributed by atoms with Crippen molar-refractivity contribution in [2.75, 3.05) is 0 Å². The van der Waals surface area contributed by atoms with Crippen LogP contribution in [0.1, 0.15) is 16.1 Å². The molecule has 0 aliphatic carbocycles. The Labute approximate surface area is 115 Å². The maximum Gasteiger partial charge on any atom is 0.287 e. The maximum atomic E-state index is 11.7. The Morgan fingerprint density at radius 3 is 2.71 bits per heavy atom. The number of amides is 1. The minimum Gasteiger partial charge on any atom is -0.444 e. The van der Waals surface area contributed by atoms with Crippen molar-refractivity contribution in [3.63, 3.8) is 0 Å². The Kier molecular flexibility index (Phi) is 4.02. The molecule has 1 amide bonds. The second-order valence-corrected chi connectivity index (χ2v) is 5.11. The molecule has 0 spiro atoms. The van der Waals surface area contributed by atoms with Crippen molar-refractivity contribution in [2.45, 2.75) is 6.54 Å². The summed E-state index contributed by atoms with van der Waals surface area (Å²) in [4.78, 5) is 11.7. The lowest BCUT2D eigenvalue weighted by Gasteiger charge is -2.03. The van der Waals surface area contributed by atoms with Gasteiger partial charge in [-0.2, -0.15) is 0 Å². The van der Waals surface area contributed by atoms with Crippen molar-refractivity contribution in [2.24, 2.45) is 0 Å². The Morgan fingerprint density at radius 2 is 2.06 bits per heavy atom. The van der Waals surface area contributed by atoms with Gasteiger partial charge < -0.3 is 9.73 Å². The van der Waals surface area contributed by atoms with Gasteiger partial charge in [-0.1, -0.05) is 28.1 Å². The zero-order valence-corrected chi connectivity index (χ0v) is 11.9. The van der Waals surface area contributed by atoms with E-state index in [0.29, 0.717) is 17.0 Å². The Bertz CT molecular complexity index is 537. The molecule has 0 aliphatic heterocycles. The zero-order valence-electron chi connectivity index (χ0n) is 8.74. The van der Waals surface area contributed by atoms with Gasteiger partial charge in [-0.15, -0.1) is 0 Å². The number of carbonyl (C=O) groups is 1. The molecule has 3 nitrogen and oxygen atoms in total. The molecule has 1 aromatic carbocycles. The van der Waals surface area contributed by atoms with Crippen LogP contribution in [0.5, 0.6) is 0 Å². The minimum absolute atomic E-state index is 0.226. The van der Waals surface area contributed by atoms with Gasteiger partial charge in [-0.05, 0) is 45.8 Å². The molecule has 1 aromatic heterocycles. The highest BCUT2D eigenvalue weighted by Crippen LogP contribution is 2.14. The molecule has 0 aliphatic rings. The molecule has 0 atom stereocenters.